The van der Waals surface area contributed by atoms with E-state index in [1.807, 2.05) is 57.0 Å². The quantitative estimate of drug-likeness (QED) is 0.858. The van der Waals surface area contributed by atoms with Crippen molar-refractivity contribution in [3.8, 4) is 0 Å². The maximum atomic E-state index is 12.9. The molecule has 1 aliphatic heterocycles. The minimum atomic E-state index is -0.157. The van der Waals surface area contributed by atoms with Crippen molar-refractivity contribution < 1.29 is 9.59 Å². The van der Waals surface area contributed by atoms with E-state index in [1.54, 1.807) is 4.90 Å². The zero-order valence-electron chi connectivity index (χ0n) is 14.0. The highest BCUT2D eigenvalue weighted by atomic mass is 16.2. The van der Waals surface area contributed by atoms with Gasteiger partial charge >= 0.3 is 0 Å². The smallest absolute Gasteiger partial charge is 0.228 e. The molecule has 22 heavy (non-hydrogen) atoms. The molecule has 120 valence electrons. The predicted molar refractivity (Wildman–Crippen MR) is 87.3 cm³/mol. The first-order valence-electron chi connectivity index (χ1n) is 8.10. The van der Waals surface area contributed by atoms with Crippen LogP contribution in [0.25, 0.3) is 0 Å². The molecule has 1 saturated heterocycles. The van der Waals surface area contributed by atoms with E-state index < -0.39 is 0 Å². The van der Waals surface area contributed by atoms with Crippen LogP contribution >= 0.6 is 0 Å². The molecule has 1 heterocycles. The second kappa shape index (κ2) is 6.95. The largest absolute Gasteiger partial charge is 0.343 e. The Kier molecular flexibility index (Phi) is 5.22. The van der Waals surface area contributed by atoms with Gasteiger partial charge in [-0.15, -0.1) is 0 Å². The number of hydrogen-bond acceptors (Lipinski definition) is 2. The molecule has 0 saturated carbocycles. The molecule has 0 aliphatic carbocycles. The lowest BCUT2D eigenvalue weighted by atomic mass is 9.83. The molecule has 0 spiro atoms. The van der Waals surface area contributed by atoms with Crippen LogP contribution in [0.3, 0.4) is 0 Å². The molecule has 0 aromatic heterocycles. The number of carbonyl (C=O) groups is 2. The topological polar surface area (TPSA) is 40.6 Å². The van der Waals surface area contributed by atoms with Crippen LogP contribution in [0.1, 0.15) is 43.9 Å². The summed E-state index contributed by atoms with van der Waals surface area (Å²) >= 11 is 0. The monoisotopic (exact) mass is 302 g/mol. The fraction of sp³-hybridized carbons (Fsp3) is 0.556. The highest BCUT2D eigenvalue weighted by Gasteiger charge is 2.39. The summed E-state index contributed by atoms with van der Waals surface area (Å²) in [4.78, 5) is 28.6. The Bertz CT molecular complexity index is 535. The second-order valence-electron chi connectivity index (χ2n) is 6.02. The van der Waals surface area contributed by atoms with E-state index in [0.29, 0.717) is 25.9 Å². The lowest BCUT2D eigenvalue weighted by Gasteiger charge is -2.40. The molecule has 1 aromatic carbocycles. The molecule has 0 N–H and O–H groups in total. The Morgan fingerprint density at radius 3 is 2.36 bits per heavy atom. The van der Waals surface area contributed by atoms with Crippen molar-refractivity contribution in [2.45, 2.75) is 39.7 Å². The van der Waals surface area contributed by atoms with Crippen molar-refractivity contribution in [1.29, 1.82) is 0 Å². The summed E-state index contributed by atoms with van der Waals surface area (Å²) in [5, 5.41) is 0. The van der Waals surface area contributed by atoms with Gasteiger partial charge in [-0.1, -0.05) is 29.8 Å². The standard InChI is InChI=1S/C18H26N2O2/c1-5-20(6-2)18(22)15-11-12-16(21)19(4)17(15)14-9-7-13(3)8-10-14/h7-10,15,17H,5-6,11-12H2,1-4H3. The number of aryl methyl sites for hydroxylation is 1. The first-order chi connectivity index (χ1) is 10.5. The minimum Gasteiger partial charge on any atom is -0.343 e. The van der Waals surface area contributed by atoms with Crippen LogP contribution < -0.4 is 0 Å². The number of piperidine rings is 1. The number of likely N-dealkylation sites (tertiary alicyclic amines) is 1. The van der Waals surface area contributed by atoms with Gasteiger partial charge in [0.15, 0.2) is 0 Å². The van der Waals surface area contributed by atoms with Crippen molar-refractivity contribution >= 4 is 11.8 Å². The normalized spacial score (nSPS) is 21.8. The second-order valence-corrected chi connectivity index (χ2v) is 6.02. The fourth-order valence-corrected chi connectivity index (χ4v) is 3.29. The third-order valence-corrected chi connectivity index (χ3v) is 4.67. The minimum absolute atomic E-state index is 0.120. The molecule has 1 fully saturated rings. The maximum absolute atomic E-state index is 12.9. The average molecular weight is 302 g/mol. The summed E-state index contributed by atoms with van der Waals surface area (Å²) in [7, 11) is 1.81. The first-order valence-corrected chi connectivity index (χ1v) is 8.10. The van der Waals surface area contributed by atoms with E-state index >= 15 is 0 Å². The van der Waals surface area contributed by atoms with Crippen LogP contribution in [0.15, 0.2) is 24.3 Å². The molecular weight excluding hydrogens is 276 g/mol. The third kappa shape index (κ3) is 3.16. The average Bonchev–Trinajstić information content (AvgIpc) is 2.52. The van der Waals surface area contributed by atoms with Crippen molar-refractivity contribution in [3.05, 3.63) is 35.4 Å². The van der Waals surface area contributed by atoms with Gasteiger partial charge in [0.25, 0.3) is 0 Å². The molecule has 2 atom stereocenters. The van der Waals surface area contributed by atoms with Gasteiger partial charge in [-0.2, -0.15) is 0 Å². The van der Waals surface area contributed by atoms with Crippen LogP contribution in [-0.4, -0.2) is 41.8 Å². The number of rotatable bonds is 4. The van der Waals surface area contributed by atoms with Crippen LogP contribution in [0.4, 0.5) is 0 Å². The van der Waals surface area contributed by atoms with Gasteiger partial charge < -0.3 is 9.80 Å². The van der Waals surface area contributed by atoms with Gasteiger partial charge in [0.05, 0.1) is 12.0 Å². The fourth-order valence-electron chi connectivity index (χ4n) is 3.29. The Balaban J connectivity index is 2.35. The number of amides is 2. The zero-order chi connectivity index (χ0) is 16.3. The Hall–Kier alpha value is -1.84. The molecule has 1 aliphatic rings. The molecule has 2 amide bonds. The molecular formula is C18H26N2O2. The SMILES string of the molecule is CCN(CC)C(=O)C1CCC(=O)N(C)C1c1ccc(C)cc1. The Morgan fingerprint density at radius 2 is 1.82 bits per heavy atom. The summed E-state index contributed by atoms with van der Waals surface area (Å²) in [6, 6.07) is 8.01. The number of carbonyl (C=O) groups excluding carboxylic acids is 2. The summed E-state index contributed by atoms with van der Waals surface area (Å²) < 4.78 is 0. The highest BCUT2D eigenvalue weighted by molar-refractivity contribution is 5.85. The van der Waals surface area contributed by atoms with E-state index in [0.717, 1.165) is 5.56 Å². The number of nitrogens with zero attached hydrogens (tertiary/aromatic N) is 2. The Morgan fingerprint density at radius 1 is 1.23 bits per heavy atom. The van der Waals surface area contributed by atoms with Gasteiger partial charge in [-0.05, 0) is 32.8 Å². The van der Waals surface area contributed by atoms with Gasteiger partial charge in [-0.25, -0.2) is 0 Å². The van der Waals surface area contributed by atoms with Crippen molar-refractivity contribution in [2.75, 3.05) is 20.1 Å². The summed E-state index contributed by atoms with van der Waals surface area (Å²) in [5.41, 5.74) is 2.23. The van der Waals surface area contributed by atoms with Gasteiger partial charge in [0.2, 0.25) is 11.8 Å². The molecule has 2 rings (SSSR count). The molecule has 4 nitrogen and oxygen atoms in total. The van der Waals surface area contributed by atoms with E-state index in [4.69, 9.17) is 0 Å². The number of benzene rings is 1. The van der Waals surface area contributed by atoms with E-state index in [1.165, 1.54) is 5.56 Å². The van der Waals surface area contributed by atoms with Gasteiger partial charge in [0.1, 0.15) is 0 Å². The molecule has 0 radical (unpaired) electrons. The molecule has 1 aromatic rings. The van der Waals surface area contributed by atoms with Crippen LogP contribution in [0.5, 0.6) is 0 Å². The number of hydrogen-bond donors (Lipinski definition) is 0. The maximum Gasteiger partial charge on any atom is 0.228 e. The van der Waals surface area contributed by atoms with Gasteiger partial charge in [0, 0.05) is 26.6 Å². The summed E-state index contributed by atoms with van der Waals surface area (Å²) in [6.07, 6.45) is 1.09. The predicted octanol–water partition coefficient (Wildman–Crippen LogP) is 2.77. The van der Waals surface area contributed by atoms with E-state index in [-0.39, 0.29) is 23.8 Å². The van der Waals surface area contributed by atoms with Crippen LogP contribution in [0.2, 0.25) is 0 Å². The van der Waals surface area contributed by atoms with Crippen molar-refractivity contribution in [2.24, 2.45) is 5.92 Å². The van der Waals surface area contributed by atoms with E-state index in [9.17, 15) is 9.59 Å². The summed E-state index contributed by atoms with van der Waals surface area (Å²) in [5.74, 6) is 0.134. The zero-order valence-corrected chi connectivity index (χ0v) is 14.0. The third-order valence-electron chi connectivity index (χ3n) is 4.67. The first kappa shape index (κ1) is 16.5. The highest BCUT2D eigenvalue weighted by Crippen LogP contribution is 2.36. The van der Waals surface area contributed by atoms with Crippen molar-refractivity contribution in [3.63, 3.8) is 0 Å². The molecule has 0 bridgehead atoms. The lowest BCUT2D eigenvalue weighted by Crippen LogP contribution is -2.47. The molecule has 4 heteroatoms. The van der Waals surface area contributed by atoms with Gasteiger partial charge in [-0.3, -0.25) is 9.59 Å². The van der Waals surface area contributed by atoms with Crippen LogP contribution in [0, 0.1) is 12.8 Å². The lowest BCUT2D eigenvalue weighted by molar-refractivity contribution is -0.146. The van der Waals surface area contributed by atoms with Crippen molar-refractivity contribution in [1.82, 2.24) is 9.80 Å². The Labute approximate surface area is 133 Å². The van der Waals surface area contributed by atoms with E-state index in [2.05, 4.69) is 0 Å². The summed E-state index contributed by atoms with van der Waals surface area (Å²) in [6.45, 7) is 7.46. The molecule has 2 unspecified atom stereocenters. The van der Waals surface area contributed by atoms with Crippen LogP contribution in [-0.2, 0) is 9.59 Å².